The molecular weight excluding hydrogens is 451 g/mol. The van der Waals surface area contributed by atoms with Gasteiger partial charge in [-0.1, -0.05) is 29.3 Å². The summed E-state index contributed by atoms with van der Waals surface area (Å²) in [5.41, 5.74) is 1.71. The van der Waals surface area contributed by atoms with Gasteiger partial charge in [0.1, 0.15) is 11.5 Å². The quantitative estimate of drug-likeness (QED) is 0.356. The number of hydrogen-bond acceptors (Lipinski definition) is 5. The van der Waals surface area contributed by atoms with Crippen molar-refractivity contribution < 1.29 is 19.4 Å². The summed E-state index contributed by atoms with van der Waals surface area (Å²) in [6.07, 6.45) is 0.656. The van der Waals surface area contributed by atoms with E-state index in [1.165, 1.54) is 4.90 Å². The third-order valence-corrected chi connectivity index (χ3v) is 6.05. The van der Waals surface area contributed by atoms with Crippen LogP contribution < -0.4 is 4.74 Å². The van der Waals surface area contributed by atoms with Gasteiger partial charge in [0.15, 0.2) is 0 Å². The second-order valence-corrected chi connectivity index (χ2v) is 8.84. The van der Waals surface area contributed by atoms with Crippen LogP contribution in [-0.2, 0) is 9.59 Å². The fourth-order valence-corrected chi connectivity index (χ4v) is 4.40. The van der Waals surface area contributed by atoms with E-state index in [1.807, 2.05) is 19.0 Å². The number of carbonyl (C=O) groups is 2. The molecule has 2 aromatic rings. The van der Waals surface area contributed by atoms with E-state index >= 15 is 0 Å². The molecule has 0 bridgehead atoms. The predicted octanol–water partition coefficient (Wildman–Crippen LogP) is 4.68. The highest BCUT2D eigenvalue weighted by molar-refractivity contribution is 6.47. The molecule has 0 radical (unpaired) electrons. The average molecular weight is 477 g/mol. The number of Topliss-reactive ketones (excluding diaryl/α,β-unsaturated/α-hetero) is 1. The first-order chi connectivity index (χ1) is 15.1. The van der Waals surface area contributed by atoms with Gasteiger partial charge in [0.05, 0.1) is 18.7 Å². The number of ketones is 1. The lowest BCUT2D eigenvalue weighted by atomic mass is 9.93. The van der Waals surface area contributed by atoms with Crippen molar-refractivity contribution in [2.24, 2.45) is 0 Å². The van der Waals surface area contributed by atoms with Crippen LogP contribution in [-0.4, -0.2) is 60.9 Å². The standard InChI is InChI=1S/C24H26Cl2N2O4/c1-14-12-16(32-4)7-9-17(14)22(29)20-21(18-8-6-15(25)13-19(18)26)28(24(31)23(20)30)11-5-10-27(2)3/h6-9,12-13,21,29H,5,10-11H2,1-4H3/t21-/m0/s1. The molecule has 0 unspecified atom stereocenters. The minimum Gasteiger partial charge on any atom is -0.507 e. The highest BCUT2D eigenvalue weighted by Gasteiger charge is 2.46. The molecule has 170 valence electrons. The van der Waals surface area contributed by atoms with Gasteiger partial charge in [-0.05, 0) is 75.4 Å². The molecule has 1 heterocycles. The number of methoxy groups -OCH3 is 1. The molecule has 1 N–H and O–H groups in total. The van der Waals surface area contributed by atoms with Crippen LogP contribution in [0.25, 0.3) is 5.76 Å². The van der Waals surface area contributed by atoms with Gasteiger partial charge in [0.25, 0.3) is 11.7 Å². The number of aliphatic hydroxyl groups excluding tert-OH is 1. The monoisotopic (exact) mass is 476 g/mol. The largest absolute Gasteiger partial charge is 0.507 e. The van der Waals surface area contributed by atoms with Crippen molar-refractivity contribution in [1.29, 1.82) is 0 Å². The van der Waals surface area contributed by atoms with Crippen LogP contribution in [0.15, 0.2) is 42.0 Å². The van der Waals surface area contributed by atoms with Gasteiger partial charge >= 0.3 is 0 Å². The van der Waals surface area contributed by atoms with Crippen LogP contribution in [0.5, 0.6) is 5.75 Å². The Morgan fingerprint density at radius 2 is 1.88 bits per heavy atom. The van der Waals surface area contributed by atoms with E-state index in [0.29, 0.717) is 45.5 Å². The summed E-state index contributed by atoms with van der Waals surface area (Å²) < 4.78 is 5.23. The second-order valence-electron chi connectivity index (χ2n) is 8.00. The Balaban J connectivity index is 2.16. The van der Waals surface area contributed by atoms with Gasteiger partial charge in [-0.3, -0.25) is 9.59 Å². The number of nitrogens with zero attached hydrogens (tertiary/aromatic N) is 2. The molecule has 1 saturated heterocycles. The third kappa shape index (κ3) is 4.77. The van der Waals surface area contributed by atoms with Crippen molar-refractivity contribution in [1.82, 2.24) is 9.80 Å². The zero-order chi connectivity index (χ0) is 23.6. The summed E-state index contributed by atoms with van der Waals surface area (Å²) in [5.74, 6) is -1.01. The van der Waals surface area contributed by atoms with Gasteiger partial charge in [-0.25, -0.2) is 0 Å². The molecule has 0 aliphatic carbocycles. The second kappa shape index (κ2) is 9.94. The van der Waals surface area contributed by atoms with E-state index in [4.69, 9.17) is 27.9 Å². The number of aryl methyl sites for hydroxylation is 1. The summed E-state index contributed by atoms with van der Waals surface area (Å²) in [4.78, 5) is 29.6. The summed E-state index contributed by atoms with van der Waals surface area (Å²) >= 11 is 12.5. The van der Waals surface area contributed by atoms with Crippen molar-refractivity contribution in [3.05, 3.63) is 68.7 Å². The zero-order valence-electron chi connectivity index (χ0n) is 18.5. The fraction of sp³-hybridized carbons (Fsp3) is 0.333. The number of benzene rings is 2. The van der Waals surface area contributed by atoms with Crippen molar-refractivity contribution in [3.8, 4) is 5.75 Å². The van der Waals surface area contributed by atoms with Gasteiger partial charge in [0, 0.05) is 22.2 Å². The summed E-state index contributed by atoms with van der Waals surface area (Å²) in [5, 5.41) is 12.0. The van der Waals surface area contributed by atoms with Crippen molar-refractivity contribution >= 4 is 40.7 Å². The molecule has 0 aromatic heterocycles. The van der Waals surface area contributed by atoms with Gasteiger partial charge < -0.3 is 19.6 Å². The fourth-order valence-electron chi connectivity index (χ4n) is 3.89. The number of aliphatic hydroxyl groups is 1. The van der Waals surface area contributed by atoms with E-state index in [-0.39, 0.29) is 11.3 Å². The maximum absolute atomic E-state index is 13.1. The molecule has 1 atom stereocenters. The number of amides is 1. The van der Waals surface area contributed by atoms with Crippen molar-refractivity contribution in [2.45, 2.75) is 19.4 Å². The molecule has 2 aromatic carbocycles. The number of carbonyl (C=O) groups excluding carboxylic acids is 2. The van der Waals surface area contributed by atoms with Crippen LogP contribution in [0.4, 0.5) is 0 Å². The molecule has 32 heavy (non-hydrogen) atoms. The Hall–Kier alpha value is -2.54. The molecule has 1 amide bonds. The molecule has 3 rings (SSSR count). The average Bonchev–Trinajstić information content (AvgIpc) is 2.98. The highest BCUT2D eigenvalue weighted by atomic mass is 35.5. The minimum atomic E-state index is -0.816. The summed E-state index contributed by atoms with van der Waals surface area (Å²) in [7, 11) is 5.43. The SMILES string of the molecule is COc1ccc(C(O)=C2C(=O)C(=O)N(CCCN(C)C)[C@H]2c2ccc(Cl)cc2Cl)c(C)c1. The Kier molecular flexibility index (Phi) is 7.49. The highest BCUT2D eigenvalue weighted by Crippen LogP contribution is 2.43. The molecule has 1 aliphatic rings. The maximum Gasteiger partial charge on any atom is 0.295 e. The van der Waals surface area contributed by atoms with Crippen molar-refractivity contribution in [3.63, 3.8) is 0 Å². The Bertz CT molecular complexity index is 1080. The van der Waals surface area contributed by atoms with E-state index in [9.17, 15) is 14.7 Å². The molecular formula is C24H26Cl2N2O4. The molecule has 1 fully saturated rings. The van der Waals surface area contributed by atoms with Crippen LogP contribution >= 0.6 is 23.2 Å². The first-order valence-electron chi connectivity index (χ1n) is 10.2. The van der Waals surface area contributed by atoms with Crippen molar-refractivity contribution in [2.75, 3.05) is 34.3 Å². The molecule has 0 saturated carbocycles. The summed E-state index contributed by atoms with van der Waals surface area (Å²) in [6, 6.07) is 9.21. The van der Waals surface area contributed by atoms with Gasteiger partial charge in [-0.15, -0.1) is 0 Å². The van der Waals surface area contributed by atoms with Gasteiger partial charge in [0.2, 0.25) is 0 Å². The van der Waals surface area contributed by atoms with E-state index in [2.05, 4.69) is 0 Å². The number of likely N-dealkylation sites (tertiary alicyclic amines) is 1. The topological polar surface area (TPSA) is 70.1 Å². The number of ether oxygens (including phenoxy) is 1. The number of hydrogen-bond donors (Lipinski definition) is 1. The maximum atomic E-state index is 13.1. The lowest BCUT2D eigenvalue weighted by Crippen LogP contribution is -2.32. The first-order valence-corrected chi connectivity index (χ1v) is 10.9. The minimum absolute atomic E-state index is 0.0114. The van der Waals surface area contributed by atoms with Crippen LogP contribution in [0, 0.1) is 6.92 Å². The Morgan fingerprint density at radius 3 is 2.47 bits per heavy atom. The van der Waals surface area contributed by atoms with E-state index in [1.54, 1.807) is 50.4 Å². The molecule has 1 aliphatic heterocycles. The summed E-state index contributed by atoms with van der Waals surface area (Å²) in [6.45, 7) is 2.88. The van der Waals surface area contributed by atoms with E-state index < -0.39 is 17.7 Å². The van der Waals surface area contributed by atoms with Crippen LogP contribution in [0.2, 0.25) is 10.0 Å². The Morgan fingerprint density at radius 1 is 1.16 bits per heavy atom. The zero-order valence-corrected chi connectivity index (χ0v) is 20.0. The van der Waals surface area contributed by atoms with Crippen LogP contribution in [0.3, 0.4) is 0 Å². The van der Waals surface area contributed by atoms with Crippen LogP contribution in [0.1, 0.15) is 29.2 Å². The predicted molar refractivity (Wildman–Crippen MR) is 126 cm³/mol. The van der Waals surface area contributed by atoms with Gasteiger partial charge in [-0.2, -0.15) is 0 Å². The molecule has 8 heteroatoms. The Labute approximate surface area is 198 Å². The number of rotatable bonds is 7. The third-order valence-electron chi connectivity index (χ3n) is 5.49. The number of halogens is 2. The molecule has 0 spiro atoms. The normalized spacial score (nSPS) is 18.0. The smallest absolute Gasteiger partial charge is 0.295 e. The lowest BCUT2D eigenvalue weighted by Gasteiger charge is -2.26. The molecule has 6 nitrogen and oxygen atoms in total. The first kappa shape index (κ1) is 24.1. The van der Waals surface area contributed by atoms with E-state index in [0.717, 1.165) is 6.54 Å². The lowest BCUT2D eigenvalue weighted by molar-refractivity contribution is -0.139.